The molecule has 0 saturated carbocycles. The maximum absolute atomic E-state index is 10.7. The highest BCUT2D eigenvalue weighted by Gasteiger charge is 1.95. The highest BCUT2D eigenvalue weighted by Crippen LogP contribution is 2.00. The maximum Gasteiger partial charge on any atom is 0.305 e. The van der Waals surface area contributed by atoms with E-state index in [0.717, 1.165) is 31.6 Å². The summed E-state index contributed by atoms with van der Waals surface area (Å²) < 4.78 is 4.51. The van der Waals surface area contributed by atoms with Gasteiger partial charge in [0.2, 0.25) is 0 Å². The Morgan fingerprint density at radius 3 is 2.62 bits per heavy atom. The minimum atomic E-state index is -0.148. The number of esters is 1. The topological polar surface area (TPSA) is 26.3 Å². The minimum Gasteiger partial charge on any atom is -0.469 e. The van der Waals surface area contributed by atoms with Crippen molar-refractivity contribution in [3.8, 4) is 0 Å². The lowest BCUT2D eigenvalue weighted by Crippen LogP contribution is -1.97. The fraction of sp³-hybridized carbons (Fsp3) is 0.700. The first-order chi connectivity index (χ1) is 6.31. The van der Waals surface area contributed by atoms with Gasteiger partial charge in [0, 0.05) is 12.3 Å². The molecule has 3 heteroatoms. The van der Waals surface area contributed by atoms with Gasteiger partial charge in [0.15, 0.2) is 0 Å². The number of alkyl halides is 1. The van der Waals surface area contributed by atoms with E-state index in [9.17, 15) is 4.79 Å². The van der Waals surface area contributed by atoms with Gasteiger partial charge in [-0.05, 0) is 25.7 Å². The van der Waals surface area contributed by atoms with Crippen molar-refractivity contribution >= 4 is 17.6 Å². The molecule has 0 N–H and O–H groups in total. The zero-order valence-corrected chi connectivity index (χ0v) is 8.85. The Kier molecular flexibility index (Phi) is 9.22. The van der Waals surface area contributed by atoms with Crippen molar-refractivity contribution in [2.45, 2.75) is 32.1 Å². The van der Waals surface area contributed by atoms with Gasteiger partial charge in [-0.25, -0.2) is 0 Å². The lowest BCUT2D eigenvalue weighted by molar-refractivity contribution is -0.140. The summed E-state index contributed by atoms with van der Waals surface area (Å²) >= 11 is 5.52. The molecular formula is C10H17ClO2. The highest BCUT2D eigenvalue weighted by atomic mass is 35.5. The van der Waals surface area contributed by atoms with Crippen molar-refractivity contribution in [3.63, 3.8) is 0 Å². The van der Waals surface area contributed by atoms with Crippen LogP contribution in [-0.2, 0) is 9.53 Å². The monoisotopic (exact) mass is 204 g/mol. The molecule has 0 saturated heterocycles. The minimum absolute atomic E-state index is 0.148. The van der Waals surface area contributed by atoms with Gasteiger partial charge < -0.3 is 4.74 Å². The number of carbonyl (C=O) groups excluding carboxylic acids is 1. The van der Waals surface area contributed by atoms with Gasteiger partial charge in [-0.3, -0.25) is 4.79 Å². The third-order valence-corrected chi connectivity index (χ3v) is 1.93. The number of allylic oxidation sites excluding steroid dienone is 2. The van der Waals surface area contributed by atoms with Crippen LogP contribution in [0.1, 0.15) is 32.1 Å². The van der Waals surface area contributed by atoms with Crippen LogP contribution in [0.15, 0.2) is 12.2 Å². The molecule has 0 aromatic rings. The third-order valence-electron chi connectivity index (χ3n) is 1.66. The molecule has 0 bridgehead atoms. The van der Waals surface area contributed by atoms with Crippen LogP contribution in [0, 0.1) is 0 Å². The molecule has 0 radical (unpaired) electrons. The second-order valence-electron chi connectivity index (χ2n) is 2.77. The Morgan fingerprint density at radius 1 is 1.31 bits per heavy atom. The molecule has 0 aliphatic rings. The first-order valence-electron chi connectivity index (χ1n) is 4.59. The van der Waals surface area contributed by atoms with Crippen molar-refractivity contribution in [1.29, 1.82) is 0 Å². The summed E-state index contributed by atoms with van der Waals surface area (Å²) in [5, 5.41) is 0. The van der Waals surface area contributed by atoms with E-state index in [2.05, 4.69) is 10.8 Å². The van der Waals surface area contributed by atoms with Gasteiger partial charge in [-0.15, -0.1) is 11.6 Å². The molecule has 0 aliphatic heterocycles. The smallest absolute Gasteiger partial charge is 0.305 e. The van der Waals surface area contributed by atoms with Gasteiger partial charge in [0.1, 0.15) is 0 Å². The van der Waals surface area contributed by atoms with Crippen LogP contribution in [0.3, 0.4) is 0 Å². The molecular weight excluding hydrogens is 188 g/mol. The van der Waals surface area contributed by atoms with Crippen molar-refractivity contribution in [1.82, 2.24) is 0 Å². The van der Waals surface area contributed by atoms with Crippen LogP contribution >= 0.6 is 11.6 Å². The standard InChI is InChI=1S/C10H17ClO2/c1-13-10(12)8-6-4-2-3-5-7-9-11/h2,4H,3,5-9H2,1H3/b4-2-. The van der Waals surface area contributed by atoms with Crippen molar-refractivity contribution in [3.05, 3.63) is 12.2 Å². The number of hydrogen-bond acceptors (Lipinski definition) is 2. The fourth-order valence-corrected chi connectivity index (χ4v) is 1.08. The largest absolute Gasteiger partial charge is 0.469 e. The number of carbonyl (C=O) groups is 1. The van der Waals surface area contributed by atoms with Gasteiger partial charge in [-0.2, -0.15) is 0 Å². The molecule has 0 unspecified atom stereocenters. The predicted molar refractivity (Wildman–Crippen MR) is 55.0 cm³/mol. The summed E-state index contributed by atoms with van der Waals surface area (Å²) in [6.07, 6.45) is 8.59. The first kappa shape index (κ1) is 12.5. The van der Waals surface area contributed by atoms with E-state index in [0.29, 0.717) is 6.42 Å². The summed E-state index contributed by atoms with van der Waals surface area (Å²) in [6, 6.07) is 0. The number of halogens is 1. The van der Waals surface area contributed by atoms with E-state index >= 15 is 0 Å². The van der Waals surface area contributed by atoms with E-state index in [1.165, 1.54) is 7.11 Å². The van der Waals surface area contributed by atoms with E-state index in [4.69, 9.17) is 11.6 Å². The molecule has 0 spiro atoms. The molecule has 0 amide bonds. The van der Waals surface area contributed by atoms with E-state index < -0.39 is 0 Å². The molecule has 0 atom stereocenters. The zero-order valence-electron chi connectivity index (χ0n) is 8.09. The number of hydrogen-bond donors (Lipinski definition) is 0. The van der Waals surface area contributed by atoms with Crippen molar-refractivity contribution in [2.75, 3.05) is 13.0 Å². The predicted octanol–water partition coefficient (Wildman–Crippen LogP) is 2.90. The highest BCUT2D eigenvalue weighted by molar-refractivity contribution is 6.17. The molecule has 0 fully saturated rings. The molecule has 0 aliphatic carbocycles. The average Bonchev–Trinajstić information content (AvgIpc) is 2.16. The maximum atomic E-state index is 10.7. The first-order valence-corrected chi connectivity index (χ1v) is 5.12. The van der Waals surface area contributed by atoms with Gasteiger partial charge in [0.25, 0.3) is 0 Å². The van der Waals surface area contributed by atoms with Crippen LogP contribution in [0.25, 0.3) is 0 Å². The normalized spacial score (nSPS) is 10.6. The molecule has 0 heterocycles. The van der Waals surface area contributed by atoms with Crippen molar-refractivity contribution < 1.29 is 9.53 Å². The van der Waals surface area contributed by atoms with Crippen LogP contribution in [0.2, 0.25) is 0 Å². The van der Waals surface area contributed by atoms with Crippen LogP contribution in [0.5, 0.6) is 0 Å². The fourth-order valence-electron chi connectivity index (χ4n) is 0.896. The van der Waals surface area contributed by atoms with Crippen LogP contribution < -0.4 is 0 Å². The Bertz CT molecular complexity index is 155. The lowest BCUT2D eigenvalue weighted by atomic mass is 10.2. The van der Waals surface area contributed by atoms with Gasteiger partial charge in [-0.1, -0.05) is 12.2 Å². The summed E-state index contributed by atoms with van der Waals surface area (Å²) in [5.74, 6) is 0.584. The van der Waals surface area contributed by atoms with E-state index in [1.807, 2.05) is 6.08 Å². The zero-order chi connectivity index (χ0) is 9.94. The number of methoxy groups -OCH3 is 1. The van der Waals surface area contributed by atoms with E-state index in [1.54, 1.807) is 0 Å². The Hall–Kier alpha value is -0.500. The number of ether oxygens (including phenoxy) is 1. The average molecular weight is 205 g/mol. The van der Waals surface area contributed by atoms with Gasteiger partial charge in [0.05, 0.1) is 7.11 Å². The summed E-state index contributed by atoms with van der Waals surface area (Å²) in [5.41, 5.74) is 0. The molecule has 76 valence electrons. The van der Waals surface area contributed by atoms with E-state index in [-0.39, 0.29) is 5.97 Å². The molecule has 13 heavy (non-hydrogen) atoms. The summed E-state index contributed by atoms with van der Waals surface area (Å²) in [4.78, 5) is 10.7. The quantitative estimate of drug-likeness (QED) is 0.276. The summed E-state index contributed by atoms with van der Waals surface area (Å²) in [7, 11) is 1.41. The number of rotatable bonds is 7. The Morgan fingerprint density at radius 2 is 2.00 bits per heavy atom. The summed E-state index contributed by atoms with van der Waals surface area (Å²) in [6.45, 7) is 0. The second-order valence-corrected chi connectivity index (χ2v) is 3.15. The SMILES string of the molecule is COC(=O)CC/C=C\CCCCCl. The molecule has 2 nitrogen and oxygen atoms in total. The molecule has 0 rings (SSSR count). The molecule has 0 aromatic carbocycles. The van der Waals surface area contributed by atoms with Crippen LogP contribution in [0.4, 0.5) is 0 Å². The number of unbranched alkanes of at least 4 members (excludes halogenated alkanes) is 2. The Balaban J connectivity index is 3.17. The lowest BCUT2D eigenvalue weighted by Gasteiger charge is -1.94. The second kappa shape index (κ2) is 9.59. The van der Waals surface area contributed by atoms with Crippen molar-refractivity contribution in [2.24, 2.45) is 0 Å². The van der Waals surface area contributed by atoms with Gasteiger partial charge >= 0.3 is 5.97 Å². The molecule has 0 aromatic heterocycles. The third kappa shape index (κ3) is 9.41. The Labute approximate surface area is 84.9 Å². The van der Waals surface area contributed by atoms with Crippen LogP contribution in [-0.4, -0.2) is 19.0 Å².